The molecule has 2 aliphatic rings. The van der Waals surface area contributed by atoms with E-state index in [1.165, 1.54) is 6.07 Å². The number of amides is 2. The number of aryl methyl sites for hydroxylation is 1. The van der Waals surface area contributed by atoms with E-state index in [-0.39, 0.29) is 29.4 Å². The van der Waals surface area contributed by atoms with Gasteiger partial charge in [-0.05, 0) is 32.3 Å². The van der Waals surface area contributed by atoms with Gasteiger partial charge in [-0.2, -0.15) is 0 Å². The van der Waals surface area contributed by atoms with Gasteiger partial charge in [0.2, 0.25) is 11.8 Å². The first kappa shape index (κ1) is 19.6. The number of piperidine rings is 2. The summed E-state index contributed by atoms with van der Waals surface area (Å²) in [5, 5.41) is 9.20. The van der Waals surface area contributed by atoms with Crippen LogP contribution in [0.2, 0.25) is 0 Å². The summed E-state index contributed by atoms with van der Waals surface area (Å²) in [6.07, 6.45) is 3.52. The molecule has 2 aliphatic heterocycles. The van der Waals surface area contributed by atoms with E-state index in [9.17, 15) is 19.5 Å². The third-order valence-corrected chi connectivity index (χ3v) is 5.95. The van der Waals surface area contributed by atoms with Crippen molar-refractivity contribution in [2.45, 2.75) is 45.6 Å². The number of aromatic nitrogens is 1. The van der Waals surface area contributed by atoms with E-state index in [0.29, 0.717) is 39.0 Å². The minimum absolute atomic E-state index is 0.0321. The largest absolute Gasteiger partial charge is 0.395 e. The lowest BCUT2D eigenvalue weighted by atomic mass is 9.73. The van der Waals surface area contributed by atoms with Crippen molar-refractivity contribution in [1.29, 1.82) is 0 Å². The average molecular weight is 375 g/mol. The molecule has 27 heavy (non-hydrogen) atoms. The summed E-state index contributed by atoms with van der Waals surface area (Å²) in [4.78, 5) is 40.5. The molecule has 3 rings (SSSR count). The number of β-amino-alcohol motifs (C(OH)–C–C–N with tert-alkyl or cyclic N) is 1. The molecule has 148 valence electrons. The van der Waals surface area contributed by atoms with Crippen molar-refractivity contribution in [3.05, 3.63) is 34.2 Å². The third-order valence-electron chi connectivity index (χ3n) is 5.95. The summed E-state index contributed by atoms with van der Waals surface area (Å²) < 4.78 is 1.64. The first-order chi connectivity index (χ1) is 12.9. The zero-order valence-electron chi connectivity index (χ0n) is 16.0. The molecule has 1 aromatic rings. The SMILES string of the molecule is Cc1cccc(=O)n1CCC(=O)N1CCCC2(CCC(=O)N(CCO)C2)C1. The summed E-state index contributed by atoms with van der Waals surface area (Å²) in [7, 11) is 0. The van der Waals surface area contributed by atoms with Gasteiger partial charge >= 0.3 is 0 Å². The molecule has 2 fully saturated rings. The minimum Gasteiger partial charge on any atom is -0.395 e. The van der Waals surface area contributed by atoms with Gasteiger partial charge in [-0.25, -0.2) is 0 Å². The Labute approximate surface area is 159 Å². The summed E-state index contributed by atoms with van der Waals surface area (Å²) in [5.74, 6) is 0.159. The maximum absolute atomic E-state index is 12.8. The molecule has 0 bridgehead atoms. The monoisotopic (exact) mass is 375 g/mol. The lowest BCUT2D eigenvalue weighted by Gasteiger charge is -2.48. The van der Waals surface area contributed by atoms with Gasteiger partial charge < -0.3 is 19.5 Å². The second-order valence-corrected chi connectivity index (χ2v) is 7.86. The topological polar surface area (TPSA) is 82.9 Å². The van der Waals surface area contributed by atoms with Crippen molar-refractivity contribution in [1.82, 2.24) is 14.4 Å². The summed E-state index contributed by atoms with van der Waals surface area (Å²) in [5.41, 5.74) is 0.718. The molecule has 1 atom stereocenters. The Morgan fingerprint density at radius 3 is 2.74 bits per heavy atom. The number of nitrogens with zero attached hydrogens (tertiary/aromatic N) is 3. The molecule has 2 amide bonds. The van der Waals surface area contributed by atoms with Crippen LogP contribution in [0.1, 0.15) is 37.8 Å². The molecule has 0 aliphatic carbocycles. The molecular weight excluding hydrogens is 346 g/mol. The maximum atomic E-state index is 12.8. The summed E-state index contributed by atoms with van der Waals surface area (Å²) in [6.45, 7) is 4.61. The van der Waals surface area contributed by atoms with Gasteiger partial charge in [0, 0.05) is 62.7 Å². The normalized spacial score (nSPS) is 23.1. The highest BCUT2D eigenvalue weighted by Gasteiger charge is 2.42. The first-order valence-electron chi connectivity index (χ1n) is 9.77. The predicted octanol–water partition coefficient (Wildman–Crippen LogP) is 0.770. The number of likely N-dealkylation sites (tertiary alicyclic amines) is 2. The number of aliphatic hydroxyl groups excluding tert-OH is 1. The number of rotatable bonds is 5. The quantitative estimate of drug-likeness (QED) is 0.824. The van der Waals surface area contributed by atoms with Gasteiger partial charge in [0.15, 0.2) is 0 Å². The van der Waals surface area contributed by atoms with Crippen LogP contribution in [-0.2, 0) is 16.1 Å². The van der Waals surface area contributed by atoms with E-state index in [4.69, 9.17) is 0 Å². The van der Waals surface area contributed by atoms with Crippen LogP contribution >= 0.6 is 0 Å². The lowest BCUT2D eigenvalue weighted by Crippen LogP contribution is -2.55. The molecule has 1 N–H and O–H groups in total. The smallest absolute Gasteiger partial charge is 0.250 e. The fraction of sp³-hybridized carbons (Fsp3) is 0.650. The fourth-order valence-corrected chi connectivity index (χ4v) is 4.46. The zero-order valence-corrected chi connectivity index (χ0v) is 16.0. The third kappa shape index (κ3) is 4.40. The Morgan fingerprint density at radius 2 is 2.00 bits per heavy atom. The number of hydrogen-bond acceptors (Lipinski definition) is 4. The number of pyridine rings is 1. The molecule has 2 saturated heterocycles. The molecule has 7 nitrogen and oxygen atoms in total. The number of aliphatic hydroxyl groups is 1. The second kappa shape index (κ2) is 8.25. The van der Waals surface area contributed by atoms with Gasteiger partial charge in [-0.15, -0.1) is 0 Å². The Kier molecular flexibility index (Phi) is 5.99. The number of hydrogen-bond donors (Lipinski definition) is 1. The standard InChI is InChI=1S/C20H29N3O4/c1-16-4-2-5-19(27)23(16)11-7-18(26)21-10-3-8-20(14-21)9-6-17(25)22(15-20)12-13-24/h2,4-5,24H,3,6-15H2,1H3. The Bertz CT molecular complexity index is 760. The first-order valence-corrected chi connectivity index (χ1v) is 9.77. The molecule has 0 aromatic carbocycles. The van der Waals surface area contributed by atoms with Crippen molar-refractivity contribution in [2.24, 2.45) is 5.41 Å². The second-order valence-electron chi connectivity index (χ2n) is 7.86. The number of carbonyl (C=O) groups excluding carboxylic acids is 2. The van der Waals surface area contributed by atoms with Crippen LogP contribution in [0, 0.1) is 12.3 Å². The Morgan fingerprint density at radius 1 is 1.19 bits per heavy atom. The van der Waals surface area contributed by atoms with E-state index in [1.54, 1.807) is 15.5 Å². The Balaban J connectivity index is 1.63. The van der Waals surface area contributed by atoms with Gasteiger partial charge in [0.25, 0.3) is 5.56 Å². The van der Waals surface area contributed by atoms with E-state index in [0.717, 1.165) is 31.5 Å². The maximum Gasteiger partial charge on any atom is 0.250 e. The highest BCUT2D eigenvalue weighted by molar-refractivity contribution is 5.78. The van der Waals surface area contributed by atoms with Crippen LogP contribution < -0.4 is 5.56 Å². The number of carbonyl (C=O) groups is 2. The van der Waals surface area contributed by atoms with Gasteiger partial charge in [0.1, 0.15) is 0 Å². The van der Waals surface area contributed by atoms with E-state index < -0.39 is 0 Å². The lowest BCUT2D eigenvalue weighted by molar-refractivity contribution is -0.143. The van der Waals surface area contributed by atoms with Crippen molar-refractivity contribution >= 4 is 11.8 Å². The predicted molar refractivity (Wildman–Crippen MR) is 101 cm³/mol. The van der Waals surface area contributed by atoms with Gasteiger partial charge in [0.05, 0.1) is 6.61 Å². The Hall–Kier alpha value is -2.15. The highest BCUT2D eigenvalue weighted by Crippen LogP contribution is 2.38. The molecule has 1 unspecified atom stereocenters. The van der Waals surface area contributed by atoms with E-state index in [2.05, 4.69) is 0 Å². The molecule has 0 saturated carbocycles. The fourth-order valence-electron chi connectivity index (χ4n) is 4.46. The van der Waals surface area contributed by atoms with E-state index in [1.807, 2.05) is 17.9 Å². The molecule has 7 heteroatoms. The van der Waals surface area contributed by atoms with E-state index >= 15 is 0 Å². The summed E-state index contributed by atoms with van der Waals surface area (Å²) >= 11 is 0. The molecule has 1 aromatic heterocycles. The van der Waals surface area contributed by atoms with Crippen molar-refractivity contribution in [2.75, 3.05) is 32.8 Å². The van der Waals surface area contributed by atoms with Crippen LogP contribution in [0.15, 0.2) is 23.0 Å². The highest BCUT2D eigenvalue weighted by atomic mass is 16.3. The molecule has 0 radical (unpaired) electrons. The van der Waals surface area contributed by atoms with Crippen LogP contribution in [0.25, 0.3) is 0 Å². The molecular formula is C20H29N3O4. The van der Waals surface area contributed by atoms with Crippen LogP contribution in [0.4, 0.5) is 0 Å². The van der Waals surface area contributed by atoms with Crippen LogP contribution in [0.3, 0.4) is 0 Å². The van der Waals surface area contributed by atoms with Crippen molar-refractivity contribution < 1.29 is 14.7 Å². The van der Waals surface area contributed by atoms with Crippen molar-refractivity contribution in [3.8, 4) is 0 Å². The minimum atomic E-state index is -0.0802. The molecule has 3 heterocycles. The van der Waals surface area contributed by atoms with Crippen LogP contribution in [-0.4, -0.2) is 64.1 Å². The van der Waals surface area contributed by atoms with Crippen LogP contribution in [0.5, 0.6) is 0 Å². The zero-order chi connectivity index (χ0) is 19.4. The average Bonchev–Trinajstić information content (AvgIpc) is 2.65. The summed E-state index contributed by atoms with van der Waals surface area (Å²) in [6, 6.07) is 5.12. The van der Waals surface area contributed by atoms with Gasteiger partial charge in [-0.3, -0.25) is 14.4 Å². The molecule has 1 spiro atoms. The van der Waals surface area contributed by atoms with Gasteiger partial charge in [-0.1, -0.05) is 6.07 Å². The van der Waals surface area contributed by atoms with Crippen molar-refractivity contribution in [3.63, 3.8) is 0 Å².